The molecular formula is C25H21ClN6O. The molecular weight excluding hydrogens is 436 g/mol. The number of fused-ring (bicyclic) bond motifs is 1. The van der Waals surface area contributed by atoms with Gasteiger partial charge in [0.2, 0.25) is 0 Å². The maximum atomic E-state index is 13.1. The highest BCUT2D eigenvalue weighted by Crippen LogP contribution is 2.23. The van der Waals surface area contributed by atoms with Crippen molar-refractivity contribution in [2.75, 3.05) is 6.54 Å². The zero-order valence-corrected chi connectivity index (χ0v) is 18.5. The second-order valence-electron chi connectivity index (χ2n) is 7.60. The first-order valence-corrected chi connectivity index (χ1v) is 11.0. The number of amides is 1. The second-order valence-corrected chi connectivity index (χ2v) is 8.00. The minimum Gasteiger partial charge on any atom is -0.351 e. The third-order valence-corrected chi connectivity index (χ3v) is 5.73. The number of carbonyl (C=O) groups excluding carboxylic acids is 1. The van der Waals surface area contributed by atoms with Crippen LogP contribution < -0.4 is 5.32 Å². The minimum absolute atomic E-state index is 0.187. The van der Waals surface area contributed by atoms with Crippen molar-refractivity contribution in [1.82, 2.24) is 29.7 Å². The van der Waals surface area contributed by atoms with E-state index in [2.05, 4.69) is 15.5 Å². The monoisotopic (exact) mass is 456 g/mol. The zero-order chi connectivity index (χ0) is 22.6. The Morgan fingerprint density at radius 1 is 0.939 bits per heavy atom. The molecule has 0 radical (unpaired) electrons. The highest BCUT2D eigenvalue weighted by atomic mass is 35.5. The second kappa shape index (κ2) is 9.26. The van der Waals surface area contributed by atoms with Gasteiger partial charge in [0.1, 0.15) is 11.5 Å². The number of aromatic nitrogens is 5. The summed E-state index contributed by atoms with van der Waals surface area (Å²) in [7, 11) is 0. The normalized spacial score (nSPS) is 11.1. The molecule has 8 heteroatoms. The molecule has 1 N–H and O–H groups in total. The molecule has 3 aromatic heterocycles. The molecule has 0 spiro atoms. The van der Waals surface area contributed by atoms with Gasteiger partial charge in [0.15, 0.2) is 5.65 Å². The van der Waals surface area contributed by atoms with Crippen LogP contribution in [0.1, 0.15) is 21.7 Å². The molecule has 0 aliphatic heterocycles. The van der Waals surface area contributed by atoms with E-state index in [1.54, 1.807) is 10.9 Å². The van der Waals surface area contributed by atoms with Crippen molar-refractivity contribution >= 4 is 23.2 Å². The molecule has 0 aliphatic rings. The number of nitrogens with one attached hydrogen (secondary N) is 1. The lowest BCUT2D eigenvalue weighted by atomic mass is 10.1. The van der Waals surface area contributed by atoms with Gasteiger partial charge in [0, 0.05) is 35.9 Å². The summed E-state index contributed by atoms with van der Waals surface area (Å²) in [6.45, 7) is 0.900. The van der Waals surface area contributed by atoms with Gasteiger partial charge in [-0.3, -0.25) is 13.9 Å². The number of carbonyl (C=O) groups is 1. The van der Waals surface area contributed by atoms with Gasteiger partial charge < -0.3 is 5.32 Å². The molecule has 0 bridgehead atoms. The largest absolute Gasteiger partial charge is 0.351 e. The van der Waals surface area contributed by atoms with Crippen molar-refractivity contribution in [2.45, 2.75) is 13.0 Å². The Labute approximate surface area is 195 Å². The maximum Gasteiger partial charge on any atom is 0.255 e. The van der Waals surface area contributed by atoms with Crippen LogP contribution in [0.25, 0.3) is 16.9 Å². The molecule has 33 heavy (non-hydrogen) atoms. The van der Waals surface area contributed by atoms with Gasteiger partial charge in [-0.15, -0.1) is 10.2 Å². The Balaban J connectivity index is 1.36. The number of halogens is 1. The summed E-state index contributed by atoms with van der Waals surface area (Å²) in [4.78, 5) is 13.1. The van der Waals surface area contributed by atoms with E-state index in [9.17, 15) is 4.79 Å². The molecule has 0 atom stereocenters. The average Bonchev–Trinajstić information content (AvgIpc) is 3.46. The Kier molecular flexibility index (Phi) is 5.87. The third-order valence-electron chi connectivity index (χ3n) is 5.36. The Hall–Kier alpha value is -3.97. The van der Waals surface area contributed by atoms with Crippen LogP contribution in [-0.2, 0) is 13.0 Å². The molecule has 0 fully saturated rings. The lowest BCUT2D eigenvalue weighted by Gasteiger charge is -2.05. The summed E-state index contributed by atoms with van der Waals surface area (Å²) < 4.78 is 3.67. The molecule has 164 valence electrons. The van der Waals surface area contributed by atoms with Crippen LogP contribution in [0.3, 0.4) is 0 Å². The van der Waals surface area contributed by atoms with Crippen LogP contribution >= 0.6 is 11.6 Å². The topological polar surface area (TPSA) is 77.1 Å². The van der Waals surface area contributed by atoms with Gasteiger partial charge in [-0.05, 0) is 23.8 Å². The Morgan fingerprint density at radius 3 is 2.58 bits per heavy atom. The smallest absolute Gasteiger partial charge is 0.255 e. The lowest BCUT2D eigenvalue weighted by molar-refractivity contribution is 0.0954. The van der Waals surface area contributed by atoms with Crippen LogP contribution in [-0.4, -0.2) is 36.8 Å². The quantitative estimate of drug-likeness (QED) is 0.397. The summed E-state index contributed by atoms with van der Waals surface area (Å²) in [6.07, 6.45) is 4.25. The van der Waals surface area contributed by atoms with Crippen LogP contribution in [0.5, 0.6) is 0 Å². The first-order valence-electron chi connectivity index (χ1n) is 10.6. The predicted molar refractivity (Wildman–Crippen MR) is 127 cm³/mol. The van der Waals surface area contributed by atoms with Gasteiger partial charge >= 0.3 is 0 Å². The first kappa shape index (κ1) is 20.9. The fourth-order valence-electron chi connectivity index (χ4n) is 3.72. The van der Waals surface area contributed by atoms with Gasteiger partial charge in [-0.2, -0.15) is 5.10 Å². The molecule has 0 aliphatic carbocycles. The number of pyridine rings is 1. The molecule has 2 aromatic carbocycles. The third kappa shape index (κ3) is 4.49. The number of rotatable bonds is 7. The number of nitrogens with zero attached hydrogens (tertiary/aromatic N) is 5. The SMILES string of the molecule is O=C(NCCc1nnc2ccccn12)c1cn(Cc2ccccc2Cl)nc1-c1ccccc1. The molecule has 5 rings (SSSR count). The fraction of sp³-hybridized carbons (Fsp3) is 0.120. The van der Waals surface area contributed by atoms with Crippen molar-refractivity contribution in [3.05, 3.63) is 107 Å². The number of hydrogen-bond donors (Lipinski definition) is 1. The summed E-state index contributed by atoms with van der Waals surface area (Å²) in [6, 6.07) is 23.1. The zero-order valence-electron chi connectivity index (χ0n) is 17.7. The first-order chi connectivity index (χ1) is 16.2. The van der Waals surface area contributed by atoms with Crippen molar-refractivity contribution in [1.29, 1.82) is 0 Å². The van der Waals surface area contributed by atoms with E-state index in [-0.39, 0.29) is 5.91 Å². The van der Waals surface area contributed by atoms with Crippen LogP contribution in [0.15, 0.2) is 85.2 Å². The van der Waals surface area contributed by atoms with Gasteiger partial charge in [-0.25, -0.2) is 0 Å². The summed E-state index contributed by atoms with van der Waals surface area (Å²) in [5, 5.41) is 16.8. The van der Waals surface area contributed by atoms with Crippen LogP contribution in [0.2, 0.25) is 5.02 Å². The van der Waals surface area contributed by atoms with Gasteiger partial charge in [0.25, 0.3) is 5.91 Å². The molecule has 0 unspecified atom stereocenters. The summed E-state index contributed by atoms with van der Waals surface area (Å²) in [5.41, 5.74) is 3.74. The summed E-state index contributed by atoms with van der Waals surface area (Å²) >= 11 is 6.33. The van der Waals surface area contributed by atoms with Crippen molar-refractivity contribution in [3.8, 4) is 11.3 Å². The molecule has 3 heterocycles. The number of benzene rings is 2. The Morgan fingerprint density at radius 2 is 1.73 bits per heavy atom. The van der Waals surface area contributed by atoms with Crippen molar-refractivity contribution < 1.29 is 4.79 Å². The molecule has 7 nitrogen and oxygen atoms in total. The molecule has 5 aromatic rings. The lowest BCUT2D eigenvalue weighted by Crippen LogP contribution is -2.26. The minimum atomic E-state index is -0.187. The molecule has 1 amide bonds. The van der Waals surface area contributed by atoms with Crippen molar-refractivity contribution in [2.24, 2.45) is 0 Å². The van der Waals surface area contributed by atoms with E-state index in [1.807, 2.05) is 83.4 Å². The van der Waals surface area contributed by atoms with E-state index < -0.39 is 0 Å². The summed E-state index contributed by atoms with van der Waals surface area (Å²) in [5.74, 6) is 0.608. The Bertz CT molecular complexity index is 1410. The predicted octanol–water partition coefficient (Wildman–Crippen LogP) is 4.27. The maximum absolute atomic E-state index is 13.1. The molecule has 0 saturated heterocycles. The van der Waals surface area contributed by atoms with E-state index >= 15 is 0 Å². The number of hydrogen-bond acceptors (Lipinski definition) is 4. The standard InChI is InChI=1S/C25H21ClN6O/c26-21-11-5-4-10-19(21)16-31-17-20(24(30-31)18-8-2-1-3-9-18)25(33)27-14-13-23-29-28-22-12-6-7-15-32(22)23/h1-12,15,17H,13-14,16H2,(H,27,33). The van der Waals surface area contributed by atoms with E-state index in [1.165, 1.54) is 0 Å². The van der Waals surface area contributed by atoms with E-state index in [4.69, 9.17) is 16.7 Å². The average molecular weight is 457 g/mol. The van der Waals surface area contributed by atoms with Crippen LogP contribution in [0.4, 0.5) is 0 Å². The van der Waals surface area contributed by atoms with Gasteiger partial charge in [-0.1, -0.05) is 66.2 Å². The van der Waals surface area contributed by atoms with Crippen molar-refractivity contribution in [3.63, 3.8) is 0 Å². The fourth-order valence-corrected chi connectivity index (χ4v) is 3.92. The highest BCUT2D eigenvalue weighted by molar-refractivity contribution is 6.31. The van der Waals surface area contributed by atoms with Gasteiger partial charge in [0.05, 0.1) is 12.1 Å². The van der Waals surface area contributed by atoms with E-state index in [0.717, 1.165) is 22.6 Å². The van der Waals surface area contributed by atoms with E-state index in [0.29, 0.717) is 35.8 Å². The van der Waals surface area contributed by atoms with Crippen LogP contribution in [0, 0.1) is 0 Å². The molecule has 0 saturated carbocycles. The highest BCUT2D eigenvalue weighted by Gasteiger charge is 2.18.